The van der Waals surface area contributed by atoms with E-state index in [1.807, 2.05) is 6.07 Å². The molecule has 0 bridgehead atoms. The molecule has 0 atom stereocenters. The number of halogens is 1. The summed E-state index contributed by atoms with van der Waals surface area (Å²) in [6.07, 6.45) is 0. The van der Waals surface area contributed by atoms with Gasteiger partial charge in [-0.25, -0.2) is 0 Å². The number of aryl methyl sites for hydroxylation is 4. The lowest BCUT2D eigenvalue weighted by Crippen LogP contribution is -1.97. The van der Waals surface area contributed by atoms with Crippen molar-refractivity contribution in [2.45, 2.75) is 27.7 Å². The van der Waals surface area contributed by atoms with Crippen molar-refractivity contribution in [3.8, 4) is 16.9 Å². The van der Waals surface area contributed by atoms with Gasteiger partial charge in [0.05, 0.1) is 10.7 Å². The first kappa shape index (κ1) is 14.4. The second-order valence-corrected chi connectivity index (χ2v) is 6.13. The van der Waals surface area contributed by atoms with E-state index in [9.17, 15) is 0 Å². The quantitative estimate of drug-likeness (QED) is 0.664. The van der Waals surface area contributed by atoms with Gasteiger partial charge in [-0.05, 0) is 78.6 Å². The molecule has 100 valence electrons. The Hall–Kier alpha value is -1.03. The maximum atomic E-state index is 5.46. The molecule has 0 unspecified atom stereocenters. The average Bonchev–Trinajstić information content (AvgIpc) is 2.32. The molecule has 0 heterocycles. The molecule has 19 heavy (non-hydrogen) atoms. The van der Waals surface area contributed by atoms with Crippen LogP contribution in [-0.4, -0.2) is 7.11 Å². The minimum Gasteiger partial charge on any atom is -0.496 e. The summed E-state index contributed by atoms with van der Waals surface area (Å²) in [6.45, 7) is 8.68. The average molecular weight is 366 g/mol. The number of hydrogen-bond donors (Lipinski definition) is 0. The predicted octanol–water partition coefficient (Wildman–Crippen LogP) is 5.20. The van der Waals surface area contributed by atoms with E-state index in [1.165, 1.54) is 37.0 Å². The van der Waals surface area contributed by atoms with Crippen LogP contribution in [0.3, 0.4) is 0 Å². The molecule has 2 rings (SSSR count). The third-order valence-corrected chi connectivity index (χ3v) is 4.53. The van der Waals surface area contributed by atoms with Gasteiger partial charge in [-0.2, -0.15) is 0 Å². The molecule has 0 saturated heterocycles. The Kier molecular flexibility index (Phi) is 4.19. The zero-order chi connectivity index (χ0) is 14.2. The van der Waals surface area contributed by atoms with E-state index in [0.29, 0.717) is 0 Å². The van der Waals surface area contributed by atoms with Gasteiger partial charge >= 0.3 is 0 Å². The Morgan fingerprint density at radius 1 is 0.842 bits per heavy atom. The maximum Gasteiger partial charge on any atom is 0.132 e. The highest BCUT2D eigenvalue weighted by Gasteiger charge is 2.15. The molecule has 0 aliphatic rings. The second-order valence-electron chi connectivity index (χ2n) is 5.05. The van der Waals surface area contributed by atoms with Crippen molar-refractivity contribution in [1.29, 1.82) is 0 Å². The molecule has 0 aromatic heterocycles. The van der Waals surface area contributed by atoms with E-state index < -0.39 is 0 Å². The smallest absolute Gasteiger partial charge is 0.132 e. The van der Waals surface area contributed by atoms with Crippen LogP contribution in [0.25, 0.3) is 11.1 Å². The minimum atomic E-state index is 0.945. The van der Waals surface area contributed by atoms with Crippen molar-refractivity contribution in [3.05, 3.63) is 50.1 Å². The standard InChI is InChI=1S/C17H19IO/c1-10-8-12(3)15(13(4)9-10)16-11(2)6-7-14(19-5)17(16)18/h6-9H,1-5H3. The summed E-state index contributed by atoms with van der Waals surface area (Å²) < 4.78 is 6.65. The second kappa shape index (κ2) is 5.53. The van der Waals surface area contributed by atoms with E-state index in [1.54, 1.807) is 7.11 Å². The van der Waals surface area contributed by atoms with Crippen molar-refractivity contribution in [2.75, 3.05) is 7.11 Å². The van der Waals surface area contributed by atoms with E-state index in [2.05, 4.69) is 68.5 Å². The van der Waals surface area contributed by atoms with Crippen LogP contribution in [0.15, 0.2) is 24.3 Å². The molecule has 2 heteroatoms. The van der Waals surface area contributed by atoms with Gasteiger partial charge in [0, 0.05) is 5.56 Å². The zero-order valence-corrected chi connectivity index (χ0v) is 14.3. The molecular formula is C17H19IO. The lowest BCUT2D eigenvalue weighted by molar-refractivity contribution is 0.412. The normalized spacial score (nSPS) is 10.6. The van der Waals surface area contributed by atoms with Crippen molar-refractivity contribution in [2.24, 2.45) is 0 Å². The van der Waals surface area contributed by atoms with Gasteiger partial charge in [-0.1, -0.05) is 23.8 Å². The third kappa shape index (κ3) is 2.64. The monoisotopic (exact) mass is 366 g/mol. The summed E-state index contributed by atoms with van der Waals surface area (Å²) in [5.74, 6) is 0.945. The van der Waals surface area contributed by atoms with Crippen LogP contribution >= 0.6 is 22.6 Å². The largest absolute Gasteiger partial charge is 0.496 e. The van der Waals surface area contributed by atoms with Gasteiger partial charge in [0.1, 0.15) is 5.75 Å². The van der Waals surface area contributed by atoms with Crippen molar-refractivity contribution < 1.29 is 4.74 Å². The highest BCUT2D eigenvalue weighted by atomic mass is 127. The fraction of sp³-hybridized carbons (Fsp3) is 0.294. The van der Waals surface area contributed by atoms with Crippen LogP contribution in [0.4, 0.5) is 0 Å². The molecule has 2 aromatic carbocycles. The first-order valence-electron chi connectivity index (χ1n) is 6.37. The first-order valence-corrected chi connectivity index (χ1v) is 7.45. The number of rotatable bonds is 2. The Morgan fingerprint density at radius 3 is 1.95 bits per heavy atom. The first-order chi connectivity index (χ1) is 8.95. The fourth-order valence-electron chi connectivity index (χ4n) is 2.69. The Labute approximate surface area is 129 Å². The number of methoxy groups -OCH3 is 1. The maximum absolute atomic E-state index is 5.46. The summed E-state index contributed by atoms with van der Waals surface area (Å²) in [4.78, 5) is 0. The molecule has 2 aromatic rings. The summed E-state index contributed by atoms with van der Waals surface area (Å²) in [5, 5.41) is 0. The lowest BCUT2D eigenvalue weighted by Gasteiger charge is -2.17. The topological polar surface area (TPSA) is 9.23 Å². The predicted molar refractivity (Wildman–Crippen MR) is 90.1 cm³/mol. The molecule has 1 nitrogen and oxygen atoms in total. The summed E-state index contributed by atoms with van der Waals surface area (Å²) in [5.41, 5.74) is 7.90. The Bertz CT molecular complexity index is 606. The van der Waals surface area contributed by atoms with Crippen molar-refractivity contribution in [3.63, 3.8) is 0 Å². The van der Waals surface area contributed by atoms with Crippen LogP contribution < -0.4 is 4.74 Å². The number of ether oxygens (including phenoxy) is 1. The number of hydrogen-bond acceptors (Lipinski definition) is 1. The van der Waals surface area contributed by atoms with Gasteiger partial charge in [0.2, 0.25) is 0 Å². The highest BCUT2D eigenvalue weighted by molar-refractivity contribution is 14.1. The van der Waals surface area contributed by atoms with Crippen LogP contribution in [0.1, 0.15) is 22.3 Å². The molecule has 0 aliphatic carbocycles. The molecular weight excluding hydrogens is 347 g/mol. The molecule has 0 aliphatic heterocycles. The summed E-state index contributed by atoms with van der Waals surface area (Å²) in [6, 6.07) is 8.67. The van der Waals surface area contributed by atoms with Crippen LogP contribution in [0.2, 0.25) is 0 Å². The fourth-order valence-corrected chi connectivity index (χ4v) is 3.79. The molecule has 0 spiro atoms. The summed E-state index contributed by atoms with van der Waals surface area (Å²) >= 11 is 2.39. The highest BCUT2D eigenvalue weighted by Crippen LogP contribution is 2.38. The van der Waals surface area contributed by atoms with Gasteiger partial charge in [-0.15, -0.1) is 0 Å². The van der Waals surface area contributed by atoms with E-state index >= 15 is 0 Å². The van der Waals surface area contributed by atoms with Crippen molar-refractivity contribution >= 4 is 22.6 Å². The zero-order valence-electron chi connectivity index (χ0n) is 12.1. The lowest BCUT2D eigenvalue weighted by atomic mass is 9.91. The SMILES string of the molecule is COc1ccc(C)c(-c2c(C)cc(C)cc2C)c1I. The van der Waals surface area contributed by atoms with E-state index in [-0.39, 0.29) is 0 Å². The van der Waals surface area contributed by atoms with Gasteiger partial charge in [0.15, 0.2) is 0 Å². The van der Waals surface area contributed by atoms with Crippen LogP contribution in [0.5, 0.6) is 5.75 Å². The Balaban J connectivity index is 2.79. The molecule has 0 fully saturated rings. The molecule has 0 amide bonds. The third-order valence-electron chi connectivity index (χ3n) is 3.46. The number of benzene rings is 2. The minimum absolute atomic E-state index is 0.945. The van der Waals surface area contributed by atoms with Gasteiger partial charge < -0.3 is 4.74 Å². The van der Waals surface area contributed by atoms with E-state index in [4.69, 9.17) is 4.74 Å². The molecule has 0 saturated carbocycles. The summed E-state index contributed by atoms with van der Waals surface area (Å²) in [7, 11) is 1.73. The van der Waals surface area contributed by atoms with Gasteiger partial charge in [-0.3, -0.25) is 0 Å². The van der Waals surface area contributed by atoms with Crippen LogP contribution in [0, 0.1) is 31.3 Å². The van der Waals surface area contributed by atoms with Gasteiger partial charge in [0.25, 0.3) is 0 Å². The van der Waals surface area contributed by atoms with E-state index in [0.717, 1.165) is 5.75 Å². The molecule has 0 N–H and O–H groups in total. The Morgan fingerprint density at radius 2 is 1.42 bits per heavy atom. The van der Waals surface area contributed by atoms with Crippen LogP contribution in [-0.2, 0) is 0 Å². The molecule has 0 radical (unpaired) electrons. The van der Waals surface area contributed by atoms with Crippen molar-refractivity contribution in [1.82, 2.24) is 0 Å².